The Morgan fingerprint density at radius 2 is 2.00 bits per heavy atom. The Balaban J connectivity index is 2.43. The van der Waals surface area contributed by atoms with Crippen molar-refractivity contribution in [2.75, 3.05) is 18.0 Å². The number of halogens is 1. The molecule has 2 aromatic heterocycles. The van der Waals surface area contributed by atoms with Crippen LogP contribution in [-0.4, -0.2) is 28.6 Å². The van der Waals surface area contributed by atoms with E-state index in [1.54, 1.807) is 6.92 Å². The second-order valence-corrected chi connectivity index (χ2v) is 6.24. The predicted molar refractivity (Wildman–Crippen MR) is 90.9 cm³/mol. The number of carboxylic acid groups (broad SMARTS) is 1. The lowest BCUT2D eigenvalue weighted by Crippen LogP contribution is -2.28. The van der Waals surface area contributed by atoms with E-state index in [1.165, 1.54) is 10.5 Å². The van der Waals surface area contributed by atoms with E-state index in [4.69, 9.17) is 0 Å². The molecule has 1 N–H and O–H groups in total. The van der Waals surface area contributed by atoms with Crippen molar-refractivity contribution < 1.29 is 14.3 Å². The molecule has 0 radical (unpaired) electrons. The molecule has 1 saturated carbocycles. The number of rotatable bonds is 5. The van der Waals surface area contributed by atoms with Crippen LogP contribution < -0.4 is 10.5 Å². The van der Waals surface area contributed by atoms with Gasteiger partial charge in [0.25, 0.3) is 5.56 Å². The van der Waals surface area contributed by atoms with E-state index in [0.29, 0.717) is 29.9 Å². The van der Waals surface area contributed by atoms with Crippen molar-refractivity contribution in [3.05, 3.63) is 45.1 Å². The van der Waals surface area contributed by atoms with Gasteiger partial charge in [-0.05, 0) is 56.7 Å². The topological polar surface area (TPSA) is 62.0 Å². The minimum atomic E-state index is -1.28. The van der Waals surface area contributed by atoms with Gasteiger partial charge in [0.1, 0.15) is 5.56 Å². The molecular formula is C18H21FN2O3. The fraction of sp³-hybridized carbons (Fsp3) is 0.444. The zero-order valence-electron chi connectivity index (χ0n) is 14.1. The zero-order valence-corrected chi connectivity index (χ0v) is 14.1. The second-order valence-electron chi connectivity index (χ2n) is 6.24. The SMILES string of the molecule is CCN(CC)c1c(F)cn2c(=O)c(C(=O)O)cc(C3CC3)c2c1C. The van der Waals surface area contributed by atoms with Crippen LogP contribution in [0, 0.1) is 12.7 Å². The normalized spacial score (nSPS) is 14.2. The van der Waals surface area contributed by atoms with Gasteiger partial charge >= 0.3 is 5.97 Å². The molecule has 0 amide bonds. The first-order valence-electron chi connectivity index (χ1n) is 8.27. The van der Waals surface area contributed by atoms with Gasteiger partial charge in [-0.15, -0.1) is 0 Å². The molecule has 1 aliphatic carbocycles. The van der Waals surface area contributed by atoms with E-state index >= 15 is 0 Å². The smallest absolute Gasteiger partial charge is 0.341 e. The molecule has 1 fully saturated rings. The number of aromatic nitrogens is 1. The summed E-state index contributed by atoms with van der Waals surface area (Å²) in [4.78, 5) is 25.8. The zero-order chi connectivity index (χ0) is 17.6. The number of carbonyl (C=O) groups is 1. The summed E-state index contributed by atoms with van der Waals surface area (Å²) >= 11 is 0. The van der Waals surface area contributed by atoms with Crippen LogP contribution in [0.2, 0.25) is 0 Å². The first-order chi connectivity index (χ1) is 11.4. The molecule has 2 aromatic rings. The highest BCUT2D eigenvalue weighted by atomic mass is 19.1. The molecule has 3 rings (SSSR count). The molecule has 6 heteroatoms. The molecule has 1 aliphatic rings. The van der Waals surface area contributed by atoms with Crippen LogP contribution in [0.1, 0.15) is 54.1 Å². The monoisotopic (exact) mass is 332 g/mol. The average Bonchev–Trinajstić information content (AvgIpc) is 3.36. The van der Waals surface area contributed by atoms with Crippen molar-refractivity contribution in [1.29, 1.82) is 0 Å². The number of nitrogens with zero attached hydrogens (tertiary/aromatic N) is 2. The van der Waals surface area contributed by atoms with Gasteiger partial charge in [0.2, 0.25) is 0 Å². The van der Waals surface area contributed by atoms with Crippen molar-refractivity contribution in [3.8, 4) is 0 Å². The summed E-state index contributed by atoms with van der Waals surface area (Å²) in [5.41, 5.74) is 1.67. The fourth-order valence-electron chi connectivity index (χ4n) is 3.43. The summed E-state index contributed by atoms with van der Waals surface area (Å²) in [5, 5.41) is 9.29. The Morgan fingerprint density at radius 1 is 1.38 bits per heavy atom. The first kappa shape index (κ1) is 16.5. The lowest BCUT2D eigenvalue weighted by Gasteiger charge is -2.25. The molecular weight excluding hydrogens is 311 g/mol. The molecule has 0 aliphatic heterocycles. The Kier molecular flexibility index (Phi) is 4.07. The molecule has 5 nitrogen and oxygen atoms in total. The number of anilines is 1. The maximum Gasteiger partial charge on any atom is 0.341 e. The van der Waals surface area contributed by atoms with Gasteiger partial charge in [0.15, 0.2) is 5.82 Å². The summed E-state index contributed by atoms with van der Waals surface area (Å²) in [5.74, 6) is -1.54. The van der Waals surface area contributed by atoms with Crippen molar-refractivity contribution in [2.45, 2.75) is 39.5 Å². The van der Waals surface area contributed by atoms with Crippen LogP contribution in [0.5, 0.6) is 0 Å². The van der Waals surface area contributed by atoms with Crippen molar-refractivity contribution in [2.24, 2.45) is 0 Å². The minimum Gasteiger partial charge on any atom is -0.477 e. The highest BCUT2D eigenvalue weighted by Crippen LogP contribution is 2.43. The lowest BCUT2D eigenvalue weighted by atomic mass is 10.0. The Morgan fingerprint density at radius 3 is 2.50 bits per heavy atom. The third-order valence-electron chi connectivity index (χ3n) is 4.77. The predicted octanol–water partition coefficient (Wildman–Crippen LogP) is 3.17. The second kappa shape index (κ2) is 5.92. The van der Waals surface area contributed by atoms with Crippen LogP contribution in [0.4, 0.5) is 10.1 Å². The van der Waals surface area contributed by atoms with E-state index in [1.807, 2.05) is 18.7 Å². The van der Waals surface area contributed by atoms with Crippen molar-refractivity contribution in [1.82, 2.24) is 4.40 Å². The average molecular weight is 332 g/mol. The third-order valence-corrected chi connectivity index (χ3v) is 4.77. The maximum absolute atomic E-state index is 14.7. The molecule has 24 heavy (non-hydrogen) atoms. The largest absolute Gasteiger partial charge is 0.477 e. The van der Waals surface area contributed by atoms with Gasteiger partial charge in [0.05, 0.1) is 17.4 Å². The molecule has 0 saturated heterocycles. The number of hydrogen-bond donors (Lipinski definition) is 1. The Bertz CT molecular complexity index is 880. The molecule has 0 unspecified atom stereocenters. The number of aryl methyl sites for hydroxylation is 1. The van der Waals surface area contributed by atoms with Gasteiger partial charge in [-0.2, -0.15) is 0 Å². The van der Waals surface area contributed by atoms with Crippen LogP contribution in [0.25, 0.3) is 5.52 Å². The van der Waals surface area contributed by atoms with E-state index in [-0.39, 0.29) is 11.5 Å². The summed E-state index contributed by atoms with van der Waals surface area (Å²) in [6, 6.07) is 1.48. The molecule has 2 heterocycles. The van der Waals surface area contributed by atoms with Crippen LogP contribution >= 0.6 is 0 Å². The highest BCUT2D eigenvalue weighted by Gasteiger charge is 2.30. The maximum atomic E-state index is 14.7. The number of fused-ring (bicyclic) bond motifs is 1. The quantitative estimate of drug-likeness (QED) is 0.913. The van der Waals surface area contributed by atoms with E-state index in [0.717, 1.165) is 24.6 Å². The van der Waals surface area contributed by atoms with Crippen molar-refractivity contribution >= 4 is 17.2 Å². The third kappa shape index (κ3) is 2.46. The molecule has 0 aromatic carbocycles. The molecule has 128 valence electrons. The number of hydrogen-bond acceptors (Lipinski definition) is 3. The van der Waals surface area contributed by atoms with Gasteiger partial charge in [-0.25, -0.2) is 9.18 Å². The minimum absolute atomic E-state index is 0.243. The summed E-state index contributed by atoms with van der Waals surface area (Å²) in [6.07, 6.45) is 3.06. The van der Waals surface area contributed by atoms with Gasteiger partial charge in [0, 0.05) is 13.1 Å². The van der Waals surface area contributed by atoms with Gasteiger partial charge in [-0.1, -0.05) is 0 Å². The fourth-order valence-corrected chi connectivity index (χ4v) is 3.43. The number of carboxylic acids is 1. The number of pyridine rings is 2. The lowest BCUT2D eigenvalue weighted by molar-refractivity contribution is 0.0694. The van der Waals surface area contributed by atoms with Crippen LogP contribution in [-0.2, 0) is 0 Å². The van der Waals surface area contributed by atoms with E-state index < -0.39 is 17.3 Å². The summed E-state index contributed by atoms with van der Waals surface area (Å²) < 4.78 is 15.9. The van der Waals surface area contributed by atoms with E-state index in [9.17, 15) is 19.1 Å². The van der Waals surface area contributed by atoms with Crippen LogP contribution in [0.3, 0.4) is 0 Å². The summed E-state index contributed by atoms with van der Waals surface area (Å²) in [7, 11) is 0. The van der Waals surface area contributed by atoms with Crippen LogP contribution in [0.15, 0.2) is 17.1 Å². The van der Waals surface area contributed by atoms with Gasteiger partial charge < -0.3 is 10.0 Å². The van der Waals surface area contributed by atoms with Crippen molar-refractivity contribution in [3.63, 3.8) is 0 Å². The molecule has 0 atom stereocenters. The first-order valence-corrected chi connectivity index (χ1v) is 8.27. The summed E-state index contributed by atoms with van der Waals surface area (Å²) in [6.45, 7) is 7.02. The number of aromatic carboxylic acids is 1. The Labute approximate surface area is 139 Å². The molecule has 0 bridgehead atoms. The standard InChI is InChI=1S/C18H21FN2O3/c1-4-20(5-2)16-10(3)15-12(11-6-7-11)8-13(18(23)24)17(22)21(15)9-14(16)19/h8-9,11H,4-7H2,1-3H3,(H,23,24). The van der Waals surface area contributed by atoms with E-state index in [2.05, 4.69) is 0 Å². The molecule has 0 spiro atoms. The Hall–Kier alpha value is -2.37. The highest BCUT2D eigenvalue weighted by molar-refractivity contribution is 5.89. The van der Waals surface area contributed by atoms with Gasteiger partial charge in [-0.3, -0.25) is 9.20 Å².